The van der Waals surface area contributed by atoms with Gasteiger partial charge in [0.1, 0.15) is 12.9 Å². The molecule has 0 aliphatic heterocycles. The second kappa shape index (κ2) is 5.01. The van der Waals surface area contributed by atoms with Gasteiger partial charge in [0.25, 0.3) is 0 Å². The Morgan fingerprint density at radius 3 is 2.45 bits per heavy atom. The zero-order chi connectivity index (χ0) is 17.6. The third-order valence-corrected chi connectivity index (χ3v) is 3.53. The van der Waals surface area contributed by atoms with Crippen LogP contribution in [0.5, 0.6) is 0 Å². The van der Waals surface area contributed by atoms with E-state index in [1.54, 1.807) is 29.0 Å². The van der Waals surface area contributed by atoms with Crippen LogP contribution < -0.4 is 4.57 Å². The molecular formula is C18H23FN+. The van der Waals surface area contributed by atoms with Gasteiger partial charge in [-0.05, 0) is 48.5 Å². The number of hydrogen-bond acceptors (Lipinski definition) is 0. The average molecular weight is 275 g/mol. The highest BCUT2D eigenvalue weighted by Gasteiger charge is 2.22. The van der Waals surface area contributed by atoms with Crippen LogP contribution >= 0.6 is 0 Å². The molecule has 0 saturated carbocycles. The number of aryl methyl sites for hydroxylation is 3. The van der Waals surface area contributed by atoms with Crippen LogP contribution in [0.2, 0.25) is 0 Å². The second-order valence-electron chi connectivity index (χ2n) is 6.31. The predicted molar refractivity (Wildman–Crippen MR) is 81.2 cm³/mol. The molecule has 0 unspecified atom stereocenters. The van der Waals surface area contributed by atoms with Crippen molar-refractivity contribution in [3.8, 4) is 11.3 Å². The lowest BCUT2D eigenvalue weighted by Gasteiger charge is -2.21. The summed E-state index contributed by atoms with van der Waals surface area (Å²) in [5, 5.41) is 0. The molecule has 0 spiro atoms. The Morgan fingerprint density at radius 1 is 1.20 bits per heavy atom. The number of aromatic nitrogens is 1. The number of pyridine rings is 1. The van der Waals surface area contributed by atoms with E-state index in [4.69, 9.17) is 4.11 Å². The summed E-state index contributed by atoms with van der Waals surface area (Å²) < 4.78 is 38.6. The molecule has 2 rings (SSSR count). The van der Waals surface area contributed by atoms with Crippen LogP contribution in [0.1, 0.15) is 41.6 Å². The van der Waals surface area contributed by atoms with E-state index in [-0.39, 0.29) is 11.2 Å². The quantitative estimate of drug-likeness (QED) is 0.686. The third kappa shape index (κ3) is 2.74. The number of hydrogen-bond donors (Lipinski definition) is 0. The summed E-state index contributed by atoms with van der Waals surface area (Å²) >= 11 is 0. The number of halogens is 1. The summed E-state index contributed by atoms with van der Waals surface area (Å²) in [5.41, 5.74) is 3.24. The zero-order valence-electron chi connectivity index (χ0n) is 15.7. The highest BCUT2D eigenvalue weighted by Crippen LogP contribution is 2.31. The van der Waals surface area contributed by atoms with E-state index in [2.05, 4.69) is 0 Å². The van der Waals surface area contributed by atoms with E-state index in [0.29, 0.717) is 11.1 Å². The predicted octanol–water partition coefficient (Wildman–Crippen LogP) is 4.23. The maximum Gasteiger partial charge on any atom is 0.212 e. The average Bonchev–Trinajstić information content (AvgIpc) is 2.36. The molecule has 0 amide bonds. The van der Waals surface area contributed by atoms with Crippen LogP contribution in [0.25, 0.3) is 11.3 Å². The van der Waals surface area contributed by atoms with Gasteiger partial charge in [-0.25, -0.2) is 8.96 Å². The van der Waals surface area contributed by atoms with Crippen molar-refractivity contribution in [2.24, 2.45) is 7.05 Å². The van der Waals surface area contributed by atoms with Gasteiger partial charge in [-0.15, -0.1) is 0 Å². The van der Waals surface area contributed by atoms with Gasteiger partial charge in [-0.3, -0.25) is 0 Å². The monoisotopic (exact) mass is 275 g/mol. The van der Waals surface area contributed by atoms with E-state index < -0.39 is 6.85 Å². The highest BCUT2D eigenvalue weighted by molar-refractivity contribution is 5.63. The fourth-order valence-electron chi connectivity index (χ4n) is 2.41. The fourth-order valence-corrected chi connectivity index (χ4v) is 2.41. The Morgan fingerprint density at radius 2 is 1.90 bits per heavy atom. The molecule has 0 bridgehead atoms. The molecule has 1 aromatic carbocycles. The molecule has 0 radical (unpaired) electrons. The van der Waals surface area contributed by atoms with E-state index >= 15 is 0 Å². The van der Waals surface area contributed by atoms with Crippen LogP contribution in [0, 0.1) is 19.6 Å². The Hall–Kier alpha value is -1.70. The van der Waals surface area contributed by atoms with Crippen molar-refractivity contribution in [1.29, 1.82) is 0 Å². The molecule has 0 atom stereocenters. The first-order valence-corrected chi connectivity index (χ1v) is 6.72. The zero-order valence-corrected chi connectivity index (χ0v) is 12.7. The van der Waals surface area contributed by atoms with Crippen molar-refractivity contribution in [1.82, 2.24) is 0 Å². The Kier molecular flexibility index (Phi) is 2.76. The molecule has 0 saturated heterocycles. The van der Waals surface area contributed by atoms with Gasteiger partial charge in [0.2, 0.25) is 5.69 Å². The lowest BCUT2D eigenvalue weighted by Crippen LogP contribution is -2.31. The first kappa shape index (κ1) is 11.0. The van der Waals surface area contributed by atoms with Crippen molar-refractivity contribution < 1.29 is 13.1 Å². The number of rotatable bonds is 1. The van der Waals surface area contributed by atoms with Gasteiger partial charge < -0.3 is 0 Å². The van der Waals surface area contributed by atoms with Crippen LogP contribution in [0.15, 0.2) is 30.5 Å². The van der Waals surface area contributed by atoms with Crippen LogP contribution in [-0.4, -0.2) is 0 Å². The Bertz CT molecular complexity index is 743. The SMILES string of the molecule is [2H]C([2H])([2H])c1ccc(-c2cc(C(C)(C)C)c(F)cc2C)[n+](C)c1. The van der Waals surface area contributed by atoms with E-state index in [1.807, 2.05) is 40.8 Å². The minimum Gasteiger partial charge on any atom is -0.207 e. The molecule has 2 aromatic rings. The molecule has 0 aliphatic carbocycles. The van der Waals surface area contributed by atoms with Crippen molar-refractivity contribution in [3.63, 3.8) is 0 Å². The maximum absolute atomic E-state index is 14.3. The molecule has 106 valence electrons. The smallest absolute Gasteiger partial charge is 0.207 e. The normalized spacial score (nSPS) is 14.6. The summed E-state index contributed by atoms with van der Waals surface area (Å²) in [4.78, 5) is 0. The fraction of sp³-hybridized carbons (Fsp3) is 0.389. The van der Waals surface area contributed by atoms with Crippen LogP contribution in [0.3, 0.4) is 0 Å². The first-order valence-electron chi connectivity index (χ1n) is 8.22. The maximum atomic E-state index is 14.3. The van der Waals surface area contributed by atoms with Crippen LogP contribution in [-0.2, 0) is 12.5 Å². The van der Waals surface area contributed by atoms with Gasteiger partial charge in [-0.1, -0.05) is 20.8 Å². The molecule has 0 fully saturated rings. The standard InChI is InChI=1S/C18H23FN/c1-12-7-8-17(20(6)11-12)14-10-15(18(3,4)5)16(19)9-13(14)2/h7-11H,1-6H3/q+1/i1D3. The summed E-state index contributed by atoms with van der Waals surface area (Å²) in [7, 11) is 1.81. The summed E-state index contributed by atoms with van der Waals surface area (Å²) in [6, 6.07) is 6.82. The van der Waals surface area contributed by atoms with Gasteiger partial charge in [0, 0.05) is 21.3 Å². The lowest BCUT2D eigenvalue weighted by molar-refractivity contribution is -0.660. The molecule has 1 aromatic heterocycles. The van der Waals surface area contributed by atoms with Crippen LogP contribution in [0.4, 0.5) is 4.39 Å². The van der Waals surface area contributed by atoms with E-state index in [9.17, 15) is 4.39 Å². The molecule has 1 heterocycles. The third-order valence-electron chi connectivity index (χ3n) is 3.53. The van der Waals surface area contributed by atoms with E-state index in [0.717, 1.165) is 16.8 Å². The largest absolute Gasteiger partial charge is 0.212 e. The molecule has 0 N–H and O–H groups in total. The lowest BCUT2D eigenvalue weighted by atomic mass is 9.84. The van der Waals surface area contributed by atoms with E-state index in [1.165, 1.54) is 0 Å². The summed E-state index contributed by atoms with van der Waals surface area (Å²) in [5.74, 6) is -0.208. The topological polar surface area (TPSA) is 3.88 Å². The van der Waals surface area contributed by atoms with Crippen molar-refractivity contribution >= 4 is 0 Å². The summed E-state index contributed by atoms with van der Waals surface area (Å²) in [6.07, 6.45) is 1.61. The second-order valence-corrected chi connectivity index (χ2v) is 6.31. The summed E-state index contributed by atoms with van der Waals surface area (Å²) in [6.45, 7) is 5.65. The van der Waals surface area contributed by atoms with Crippen molar-refractivity contribution in [2.45, 2.75) is 40.0 Å². The highest BCUT2D eigenvalue weighted by atomic mass is 19.1. The molecular weight excluding hydrogens is 249 g/mol. The van der Waals surface area contributed by atoms with Gasteiger partial charge in [0.15, 0.2) is 6.20 Å². The molecule has 20 heavy (non-hydrogen) atoms. The molecule has 2 heteroatoms. The van der Waals surface area contributed by atoms with Crippen molar-refractivity contribution in [3.05, 3.63) is 53.0 Å². The number of benzene rings is 1. The molecule has 0 aliphatic rings. The van der Waals surface area contributed by atoms with Gasteiger partial charge >= 0.3 is 0 Å². The molecule has 1 nitrogen and oxygen atoms in total. The first-order chi connectivity index (χ1) is 10.4. The van der Waals surface area contributed by atoms with Gasteiger partial charge in [0.05, 0.1) is 0 Å². The number of nitrogens with zero attached hydrogens (tertiary/aromatic N) is 1. The Labute approximate surface area is 125 Å². The minimum absolute atomic E-state index is 0.208. The van der Waals surface area contributed by atoms with Crippen molar-refractivity contribution in [2.75, 3.05) is 0 Å². The van der Waals surface area contributed by atoms with Gasteiger partial charge in [-0.2, -0.15) is 0 Å². The minimum atomic E-state index is -2.13. The Balaban J connectivity index is 2.63.